The Bertz CT molecular complexity index is 528. The van der Waals surface area contributed by atoms with Crippen LogP contribution in [0.5, 0.6) is 0 Å². The Labute approximate surface area is 132 Å². The Hall–Kier alpha value is -1.62. The van der Waals surface area contributed by atoms with Crippen LogP contribution >= 0.6 is 0 Å². The van der Waals surface area contributed by atoms with Crippen molar-refractivity contribution >= 4 is 17.4 Å². The number of pyridine rings is 1. The van der Waals surface area contributed by atoms with E-state index in [1.165, 1.54) is 25.7 Å². The van der Waals surface area contributed by atoms with Crippen molar-refractivity contribution in [2.45, 2.75) is 51.6 Å². The normalized spacial score (nSPS) is 29.1. The first-order valence-electron chi connectivity index (χ1n) is 8.32. The van der Waals surface area contributed by atoms with Gasteiger partial charge in [-0.2, -0.15) is 0 Å². The number of anilines is 2. The van der Waals surface area contributed by atoms with E-state index in [9.17, 15) is 4.79 Å². The zero-order chi connectivity index (χ0) is 15.7. The predicted molar refractivity (Wildman–Crippen MR) is 88.5 cm³/mol. The van der Waals surface area contributed by atoms with Crippen LogP contribution in [0.4, 0.5) is 11.5 Å². The fourth-order valence-corrected chi connectivity index (χ4v) is 4.07. The monoisotopic (exact) mass is 302 g/mol. The van der Waals surface area contributed by atoms with Crippen LogP contribution in [0.2, 0.25) is 0 Å². The molecule has 0 aromatic carbocycles. The molecule has 1 heterocycles. The lowest BCUT2D eigenvalue weighted by Crippen LogP contribution is -2.32. The molecule has 5 heteroatoms. The fourth-order valence-electron chi connectivity index (χ4n) is 4.07. The number of nitrogens with one attached hydrogen (secondary N) is 2. The number of fused-ring (bicyclic) bond motifs is 2. The highest BCUT2D eigenvalue weighted by Gasteiger charge is 2.41. The van der Waals surface area contributed by atoms with Crippen molar-refractivity contribution in [1.82, 2.24) is 4.98 Å². The Morgan fingerprint density at radius 1 is 1.32 bits per heavy atom. The third-order valence-electron chi connectivity index (χ3n) is 5.26. The van der Waals surface area contributed by atoms with Gasteiger partial charge in [0, 0.05) is 6.04 Å². The topological polar surface area (TPSA) is 80.0 Å². The second kappa shape index (κ2) is 6.24. The molecule has 5 nitrogen and oxygen atoms in total. The summed E-state index contributed by atoms with van der Waals surface area (Å²) in [5, 5.41) is 6.27. The number of nitrogens with zero attached hydrogens (tertiary/aromatic N) is 1. The van der Waals surface area contributed by atoms with Gasteiger partial charge in [0.2, 0.25) is 5.91 Å². The van der Waals surface area contributed by atoms with Gasteiger partial charge in [0.05, 0.1) is 17.9 Å². The van der Waals surface area contributed by atoms with Gasteiger partial charge >= 0.3 is 0 Å². The molecule has 2 saturated carbocycles. The summed E-state index contributed by atoms with van der Waals surface area (Å²) >= 11 is 0. The van der Waals surface area contributed by atoms with Crippen LogP contribution in [0.1, 0.15) is 39.5 Å². The van der Waals surface area contributed by atoms with Gasteiger partial charge < -0.3 is 16.4 Å². The summed E-state index contributed by atoms with van der Waals surface area (Å²) in [5.41, 5.74) is 6.54. The molecular formula is C17H26N4O. The van der Waals surface area contributed by atoms with E-state index in [0.717, 1.165) is 23.4 Å². The van der Waals surface area contributed by atoms with Crippen molar-refractivity contribution in [2.75, 3.05) is 10.6 Å². The molecule has 5 unspecified atom stereocenters. The predicted octanol–water partition coefficient (Wildman–Crippen LogP) is 2.60. The van der Waals surface area contributed by atoms with E-state index in [-0.39, 0.29) is 5.91 Å². The van der Waals surface area contributed by atoms with Crippen LogP contribution < -0.4 is 16.4 Å². The van der Waals surface area contributed by atoms with E-state index >= 15 is 0 Å². The standard InChI is InChI=1S/C17H26N4O/c1-10(18)17(22)21-16-6-5-14(9-19-16)20-11(2)15-8-12-3-4-13(15)7-12/h5-6,9-13,15,20H,3-4,7-8,18H2,1-2H3,(H,19,21,22). The number of nitrogens with two attached hydrogens (primary N) is 1. The first kappa shape index (κ1) is 15.3. The number of carbonyl (C=O) groups excluding carboxylic acids is 1. The fraction of sp³-hybridized carbons (Fsp3) is 0.647. The third-order valence-corrected chi connectivity index (χ3v) is 5.26. The molecule has 5 atom stereocenters. The third kappa shape index (κ3) is 3.24. The van der Waals surface area contributed by atoms with Gasteiger partial charge in [0.15, 0.2) is 0 Å². The molecule has 3 rings (SSSR count). The molecule has 1 aromatic rings. The van der Waals surface area contributed by atoms with Gasteiger partial charge in [-0.25, -0.2) is 4.98 Å². The molecule has 2 bridgehead atoms. The SMILES string of the molecule is CC(N)C(=O)Nc1ccc(NC(C)C2CC3CCC2C3)cn1. The van der Waals surface area contributed by atoms with Gasteiger partial charge in [-0.3, -0.25) is 4.79 Å². The van der Waals surface area contributed by atoms with Crippen molar-refractivity contribution in [1.29, 1.82) is 0 Å². The number of aromatic nitrogens is 1. The highest BCUT2D eigenvalue weighted by Crippen LogP contribution is 2.49. The quantitative estimate of drug-likeness (QED) is 0.781. The maximum atomic E-state index is 11.5. The maximum Gasteiger partial charge on any atom is 0.242 e. The number of hydrogen-bond acceptors (Lipinski definition) is 4. The zero-order valence-corrected chi connectivity index (χ0v) is 13.4. The minimum absolute atomic E-state index is 0.219. The van der Waals surface area contributed by atoms with Crippen LogP contribution in [0.15, 0.2) is 18.3 Å². The lowest BCUT2D eigenvalue weighted by molar-refractivity contribution is -0.117. The van der Waals surface area contributed by atoms with Gasteiger partial charge in [-0.1, -0.05) is 6.42 Å². The summed E-state index contributed by atoms with van der Waals surface area (Å²) in [6.45, 7) is 3.93. The van der Waals surface area contributed by atoms with E-state index in [1.807, 2.05) is 12.1 Å². The lowest BCUT2D eigenvalue weighted by Gasteiger charge is -2.29. The van der Waals surface area contributed by atoms with Crippen molar-refractivity contribution in [3.8, 4) is 0 Å². The molecule has 22 heavy (non-hydrogen) atoms. The first-order chi connectivity index (χ1) is 10.5. The Balaban J connectivity index is 1.55. The number of carbonyl (C=O) groups is 1. The summed E-state index contributed by atoms with van der Waals surface area (Å²) in [4.78, 5) is 15.8. The Morgan fingerprint density at radius 2 is 2.14 bits per heavy atom. The molecule has 0 spiro atoms. The lowest BCUT2D eigenvalue weighted by atomic mass is 9.84. The van der Waals surface area contributed by atoms with Crippen molar-refractivity contribution in [3.63, 3.8) is 0 Å². The van der Waals surface area contributed by atoms with Crippen LogP contribution in [0, 0.1) is 17.8 Å². The van der Waals surface area contributed by atoms with Crippen LogP contribution in [-0.4, -0.2) is 23.0 Å². The summed E-state index contributed by atoms with van der Waals surface area (Å²) in [5.74, 6) is 2.98. The van der Waals surface area contributed by atoms with Crippen molar-refractivity contribution in [2.24, 2.45) is 23.5 Å². The molecule has 120 valence electrons. The van der Waals surface area contributed by atoms with Crippen molar-refractivity contribution in [3.05, 3.63) is 18.3 Å². The van der Waals surface area contributed by atoms with Gasteiger partial charge in [0.1, 0.15) is 5.82 Å². The van der Waals surface area contributed by atoms with Gasteiger partial charge in [-0.15, -0.1) is 0 Å². The highest BCUT2D eigenvalue weighted by atomic mass is 16.2. The molecule has 0 saturated heterocycles. The Morgan fingerprint density at radius 3 is 2.68 bits per heavy atom. The largest absolute Gasteiger partial charge is 0.381 e. The smallest absolute Gasteiger partial charge is 0.242 e. The van der Waals surface area contributed by atoms with E-state index in [0.29, 0.717) is 11.9 Å². The average Bonchev–Trinajstić information content (AvgIpc) is 3.12. The summed E-state index contributed by atoms with van der Waals surface area (Å²) in [6, 6.07) is 3.72. The summed E-state index contributed by atoms with van der Waals surface area (Å²) in [6.07, 6.45) is 7.41. The van der Waals surface area contributed by atoms with Crippen LogP contribution in [-0.2, 0) is 4.79 Å². The molecule has 4 N–H and O–H groups in total. The molecule has 1 aromatic heterocycles. The zero-order valence-electron chi connectivity index (χ0n) is 13.4. The molecular weight excluding hydrogens is 276 g/mol. The van der Waals surface area contributed by atoms with Crippen molar-refractivity contribution < 1.29 is 4.79 Å². The molecule has 2 fully saturated rings. The molecule has 2 aliphatic carbocycles. The van der Waals surface area contributed by atoms with Crippen LogP contribution in [0.3, 0.4) is 0 Å². The van der Waals surface area contributed by atoms with Gasteiger partial charge in [0.25, 0.3) is 0 Å². The molecule has 2 aliphatic rings. The summed E-state index contributed by atoms with van der Waals surface area (Å²) in [7, 11) is 0. The Kier molecular flexibility index (Phi) is 4.34. The highest BCUT2D eigenvalue weighted by molar-refractivity contribution is 5.93. The molecule has 0 radical (unpaired) electrons. The first-order valence-corrected chi connectivity index (χ1v) is 8.32. The minimum Gasteiger partial charge on any atom is -0.381 e. The van der Waals surface area contributed by atoms with E-state index in [2.05, 4.69) is 22.5 Å². The van der Waals surface area contributed by atoms with E-state index < -0.39 is 6.04 Å². The molecule has 0 aliphatic heterocycles. The van der Waals surface area contributed by atoms with E-state index in [4.69, 9.17) is 5.73 Å². The second-order valence-corrected chi connectivity index (χ2v) is 6.98. The average molecular weight is 302 g/mol. The number of amides is 1. The van der Waals surface area contributed by atoms with Gasteiger partial charge in [-0.05, 0) is 63.0 Å². The maximum absolute atomic E-state index is 11.5. The van der Waals surface area contributed by atoms with E-state index in [1.54, 1.807) is 13.1 Å². The minimum atomic E-state index is -0.530. The number of hydrogen-bond donors (Lipinski definition) is 3. The summed E-state index contributed by atoms with van der Waals surface area (Å²) < 4.78 is 0. The second-order valence-electron chi connectivity index (χ2n) is 6.98. The van der Waals surface area contributed by atoms with Crippen LogP contribution in [0.25, 0.3) is 0 Å². The number of rotatable bonds is 5. The molecule has 1 amide bonds.